The van der Waals surface area contributed by atoms with Gasteiger partial charge in [0, 0.05) is 26.2 Å². The first-order valence-corrected chi connectivity index (χ1v) is 10.2. The molecule has 27 heavy (non-hydrogen) atoms. The van der Waals surface area contributed by atoms with E-state index in [9.17, 15) is 5.11 Å². The summed E-state index contributed by atoms with van der Waals surface area (Å²) < 4.78 is 4.80. The van der Waals surface area contributed by atoms with Gasteiger partial charge in [-0.25, -0.2) is 14.6 Å². The molecule has 2 N–H and O–H groups in total. The van der Waals surface area contributed by atoms with Gasteiger partial charge >= 0.3 is 0 Å². The molecule has 0 aromatic carbocycles. The summed E-state index contributed by atoms with van der Waals surface area (Å²) in [6.07, 6.45) is 7.70. The molecule has 2 aromatic heterocycles. The Labute approximate surface area is 159 Å². The van der Waals surface area contributed by atoms with Gasteiger partial charge < -0.3 is 20.2 Å². The maximum Gasteiger partial charge on any atom is 0.245 e. The summed E-state index contributed by atoms with van der Waals surface area (Å²) in [5.41, 5.74) is 0.900. The van der Waals surface area contributed by atoms with Crippen molar-refractivity contribution in [2.75, 3.05) is 49.5 Å². The maximum atomic E-state index is 9.80. The van der Waals surface area contributed by atoms with Gasteiger partial charge in [0.25, 0.3) is 0 Å². The third kappa shape index (κ3) is 4.65. The minimum Gasteiger partial charge on any atom is -0.392 e. The molecule has 2 saturated heterocycles. The van der Waals surface area contributed by atoms with Crippen molar-refractivity contribution in [2.45, 2.75) is 51.0 Å². The van der Waals surface area contributed by atoms with Gasteiger partial charge in [-0.1, -0.05) is 12.8 Å². The minimum atomic E-state index is -0.172. The lowest BCUT2D eigenvalue weighted by Crippen LogP contribution is -2.39. The summed E-state index contributed by atoms with van der Waals surface area (Å²) in [4.78, 5) is 13.9. The average Bonchev–Trinajstić information content (AvgIpc) is 2.95. The number of nitrogens with one attached hydrogen (secondary N) is 1. The normalized spacial score (nSPS) is 22.1. The quantitative estimate of drug-likeness (QED) is 0.729. The van der Waals surface area contributed by atoms with Crippen molar-refractivity contribution in [3.8, 4) is 0 Å². The van der Waals surface area contributed by atoms with E-state index in [2.05, 4.69) is 35.4 Å². The molecule has 2 fully saturated rings. The first kappa shape index (κ1) is 18.4. The molecule has 4 heterocycles. The SMILES string of the molecule is OC1CCCN(CCCNc2nc3nonc3nc2N2CCCCCC2)C1. The van der Waals surface area contributed by atoms with E-state index in [1.54, 1.807) is 0 Å². The molecule has 0 saturated carbocycles. The molecule has 1 atom stereocenters. The molecule has 2 aromatic rings. The summed E-state index contributed by atoms with van der Waals surface area (Å²) in [5, 5.41) is 20.9. The summed E-state index contributed by atoms with van der Waals surface area (Å²) in [6, 6.07) is 0. The third-order valence-corrected chi connectivity index (χ3v) is 5.43. The van der Waals surface area contributed by atoms with Crippen LogP contribution in [0.1, 0.15) is 44.9 Å². The average molecular weight is 375 g/mol. The van der Waals surface area contributed by atoms with Gasteiger partial charge in [0.1, 0.15) is 0 Å². The van der Waals surface area contributed by atoms with Crippen molar-refractivity contribution in [3.63, 3.8) is 0 Å². The predicted octanol–water partition coefficient (Wildman–Crippen LogP) is 1.65. The Balaban J connectivity index is 1.41. The summed E-state index contributed by atoms with van der Waals surface area (Å²) in [5.74, 6) is 1.62. The Morgan fingerprint density at radius 3 is 2.56 bits per heavy atom. The van der Waals surface area contributed by atoms with Crippen molar-refractivity contribution in [2.24, 2.45) is 0 Å². The summed E-state index contributed by atoms with van der Waals surface area (Å²) >= 11 is 0. The van der Waals surface area contributed by atoms with Crippen LogP contribution < -0.4 is 10.2 Å². The zero-order chi connectivity index (χ0) is 18.5. The van der Waals surface area contributed by atoms with E-state index in [1.165, 1.54) is 25.7 Å². The van der Waals surface area contributed by atoms with Gasteiger partial charge in [-0.2, -0.15) is 0 Å². The lowest BCUT2D eigenvalue weighted by Gasteiger charge is -2.30. The third-order valence-electron chi connectivity index (χ3n) is 5.43. The molecule has 1 unspecified atom stereocenters. The smallest absolute Gasteiger partial charge is 0.245 e. The molecule has 148 valence electrons. The Hall–Kier alpha value is -2.00. The van der Waals surface area contributed by atoms with E-state index in [-0.39, 0.29) is 6.10 Å². The molecule has 0 spiro atoms. The fraction of sp³-hybridized carbons (Fsp3) is 0.778. The van der Waals surface area contributed by atoms with Crippen LogP contribution in [0, 0.1) is 0 Å². The van der Waals surface area contributed by atoms with E-state index in [1.807, 2.05) is 0 Å². The highest BCUT2D eigenvalue weighted by Gasteiger charge is 2.20. The molecule has 9 nitrogen and oxygen atoms in total. The second-order valence-electron chi connectivity index (χ2n) is 7.59. The van der Waals surface area contributed by atoms with Crippen LogP contribution in [0.15, 0.2) is 4.63 Å². The van der Waals surface area contributed by atoms with Crippen molar-refractivity contribution in [1.82, 2.24) is 25.2 Å². The lowest BCUT2D eigenvalue weighted by molar-refractivity contribution is 0.0706. The van der Waals surface area contributed by atoms with Crippen LogP contribution in [-0.2, 0) is 0 Å². The monoisotopic (exact) mass is 375 g/mol. The van der Waals surface area contributed by atoms with Crippen LogP contribution in [0.4, 0.5) is 11.6 Å². The van der Waals surface area contributed by atoms with Crippen LogP contribution in [0.5, 0.6) is 0 Å². The number of aliphatic hydroxyl groups is 1. The molecule has 4 rings (SSSR count). The number of fused-ring (bicyclic) bond motifs is 1. The van der Waals surface area contributed by atoms with E-state index in [0.717, 1.165) is 70.2 Å². The molecular formula is C18H29N7O2. The standard InChI is InChI=1S/C18H29N7O2/c26-14-7-5-9-24(13-14)10-6-8-19-17-18(25-11-3-1-2-4-12-25)21-16-15(20-17)22-27-23-16/h14,26H,1-13H2,(H,19,20,22). The number of likely N-dealkylation sites (tertiary alicyclic amines) is 1. The number of aromatic nitrogens is 4. The van der Waals surface area contributed by atoms with E-state index in [4.69, 9.17) is 4.63 Å². The van der Waals surface area contributed by atoms with E-state index < -0.39 is 0 Å². The molecular weight excluding hydrogens is 346 g/mol. The Kier molecular flexibility index (Phi) is 5.98. The topological polar surface area (TPSA) is 103 Å². The number of β-amino-alcohol motifs (C(OH)–C–C–N with tert-alkyl or cyclic N) is 1. The first-order valence-electron chi connectivity index (χ1n) is 10.2. The number of anilines is 2. The number of hydrogen-bond acceptors (Lipinski definition) is 9. The fourth-order valence-corrected chi connectivity index (χ4v) is 3.99. The van der Waals surface area contributed by atoms with Crippen molar-refractivity contribution in [3.05, 3.63) is 0 Å². The Morgan fingerprint density at radius 2 is 1.78 bits per heavy atom. The molecule has 9 heteroatoms. The van der Waals surface area contributed by atoms with Crippen molar-refractivity contribution < 1.29 is 9.74 Å². The van der Waals surface area contributed by atoms with Crippen LogP contribution >= 0.6 is 0 Å². The van der Waals surface area contributed by atoms with Crippen LogP contribution in [0.3, 0.4) is 0 Å². The van der Waals surface area contributed by atoms with Crippen LogP contribution in [0.25, 0.3) is 11.3 Å². The van der Waals surface area contributed by atoms with Gasteiger partial charge in [-0.15, -0.1) is 0 Å². The Bertz CT molecular complexity index is 730. The highest BCUT2D eigenvalue weighted by molar-refractivity contribution is 5.74. The molecule has 0 amide bonds. The zero-order valence-corrected chi connectivity index (χ0v) is 15.8. The first-order chi connectivity index (χ1) is 13.3. The molecule has 0 bridgehead atoms. The molecule has 2 aliphatic rings. The van der Waals surface area contributed by atoms with Gasteiger partial charge in [0.2, 0.25) is 11.3 Å². The van der Waals surface area contributed by atoms with E-state index >= 15 is 0 Å². The fourth-order valence-electron chi connectivity index (χ4n) is 3.99. The van der Waals surface area contributed by atoms with Crippen molar-refractivity contribution >= 4 is 22.9 Å². The zero-order valence-electron chi connectivity index (χ0n) is 15.8. The van der Waals surface area contributed by atoms with Crippen LogP contribution in [0.2, 0.25) is 0 Å². The lowest BCUT2D eigenvalue weighted by atomic mass is 10.1. The maximum absolute atomic E-state index is 9.80. The number of aliphatic hydroxyl groups excluding tert-OH is 1. The van der Waals surface area contributed by atoms with Gasteiger partial charge in [0.05, 0.1) is 6.10 Å². The minimum absolute atomic E-state index is 0.172. The van der Waals surface area contributed by atoms with Gasteiger partial charge in [-0.3, -0.25) is 0 Å². The number of hydrogen-bond donors (Lipinski definition) is 2. The predicted molar refractivity (Wildman–Crippen MR) is 103 cm³/mol. The number of piperidine rings is 1. The van der Waals surface area contributed by atoms with Crippen LogP contribution in [-0.4, -0.2) is 75.7 Å². The number of nitrogens with zero attached hydrogens (tertiary/aromatic N) is 6. The molecule has 0 aliphatic carbocycles. The highest BCUT2D eigenvalue weighted by Crippen LogP contribution is 2.26. The Morgan fingerprint density at radius 1 is 1.00 bits per heavy atom. The van der Waals surface area contributed by atoms with Gasteiger partial charge in [-0.05, 0) is 55.5 Å². The largest absolute Gasteiger partial charge is 0.392 e. The van der Waals surface area contributed by atoms with Crippen molar-refractivity contribution in [1.29, 1.82) is 0 Å². The van der Waals surface area contributed by atoms with E-state index in [0.29, 0.717) is 11.3 Å². The summed E-state index contributed by atoms with van der Waals surface area (Å²) in [7, 11) is 0. The molecule has 2 aliphatic heterocycles. The second kappa shape index (κ2) is 8.79. The summed E-state index contributed by atoms with van der Waals surface area (Å²) in [6.45, 7) is 5.63. The second-order valence-corrected chi connectivity index (χ2v) is 7.59. The molecule has 0 radical (unpaired) electrons. The highest BCUT2D eigenvalue weighted by atomic mass is 16.6. The number of rotatable bonds is 6. The van der Waals surface area contributed by atoms with Gasteiger partial charge in [0.15, 0.2) is 11.6 Å².